The molecule has 108 valence electrons. The molecule has 7 heteroatoms. The molecule has 21 heavy (non-hydrogen) atoms. The summed E-state index contributed by atoms with van der Waals surface area (Å²) < 4.78 is 5.09. The van der Waals surface area contributed by atoms with E-state index < -0.39 is 5.97 Å². The van der Waals surface area contributed by atoms with Gasteiger partial charge in [0.2, 0.25) is 0 Å². The van der Waals surface area contributed by atoms with Crippen LogP contribution in [0.25, 0.3) is 11.6 Å². The Morgan fingerprint density at radius 3 is 2.86 bits per heavy atom. The molecule has 0 fully saturated rings. The maximum Gasteiger partial charge on any atom is 0.357 e. The topological polar surface area (TPSA) is 89.9 Å². The van der Waals surface area contributed by atoms with Crippen LogP contribution in [0.4, 0.5) is 0 Å². The van der Waals surface area contributed by atoms with Gasteiger partial charge in [-0.25, -0.2) is 24.7 Å². The first-order valence-corrected chi connectivity index (χ1v) is 6.84. The van der Waals surface area contributed by atoms with Crippen molar-refractivity contribution in [3.8, 4) is 11.6 Å². The molecule has 0 aromatic carbocycles. The zero-order valence-electron chi connectivity index (χ0n) is 11.7. The SMILES string of the molecule is CCOC(=O)c1nc(-c2ncccn2)nc2c1CNCC2. The van der Waals surface area contributed by atoms with E-state index in [4.69, 9.17) is 4.74 Å². The molecule has 1 aliphatic heterocycles. The Kier molecular flexibility index (Phi) is 3.83. The lowest BCUT2D eigenvalue weighted by atomic mass is 10.1. The molecular weight excluding hydrogens is 270 g/mol. The zero-order valence-corrected chi connectivity index (χ0v) is 11.7. The summed E-state index contributed by atoms with van der Waals surface area (Å²) in [7, 11) is 0. The van der Waals surface area contributed by atoms with Crippen molar-refractivity contribution in [1.29, 1.82) is 0 Å². The van der Waals surface area contributed by atoms with E-state index in [-0.39, 0.29) is 0 Å². The second-order valence-corrected chi connectivity index (χ2v) is 4.54. The molecule has 2 aromatic rings. The molecule has 0 unspecified atom stereocenters. The van der Waals surface area contributed by atoms with Gasteiger partial charge in [-0.3, -0.25) is 0 Å². The first-order chi connectivity index (χ1) is 10.3. The summed E-state index contributed by atoms with van der Waals surface area (Å²) >= 11 is 0. The van der Waals surface area contributed by atoms with Gasteiger partial charge in [0.15, 0.2) is 17.3 Å². The quantitative estimate of drug-likeness (QED) is 0.832. The number of carbonyl (C=O) groups excluding carboxylic acids is 1. The van der Waals surface area contributed by atoms with Crippen molar-refractivity contribution in [3.63, 3.8) is 0 Å². The number of carbonyl (C=O) groups is 1. The fourth-order valence-electron chi connectivity index (χ4n) is 2.23. The van der Waals surface area contributed by atoms with Gasteiger partial charge in [-0.2, -0.15) is 0 Å². The monoisotopic (exact) mass is 285 g/mol. The van der Waals surface area contributed by atoms with Crippen LogP contribution in [-0.4, -0.2) is 39.1 Å². The van der Waals surface area contributed by atoms with Gasteiger partial charge in [-0.1, -0.05) is 0 Å². The standard InChI is InChI=1S/C14H15N5O2/c1-2-21-14(20)11-9-8-15-7-4-10(9)18-13(19-11)12-16-5-3-6-17-12/h3,5-6,15H,2,4,7-8H2,1H3. The number of esters is 1. The van der Waals surface area contributed by atoms with Crippen molar-refractivity contribution in [2.24, 2.45) is 0 Å². The van der Waals surface area contributed by atoms with Crippen molar-refractivity contribution in [3.05, 3.63) is 35.4 Å². The van der Waals surface area contributed by atoms with Crippen LogP contribution < -0.4 is 5.32 Å². The van der Waals surface area contributed by atoms with Gasteiger partial charge in [0, 0.05) is 37.5 Å². The molecular formula is C14H15N5O2. The van der Waals surface area contributed by atoms with E-state index in [1.165, 1.54) is 0 Å². The van der Waals surface area contributed by atoms with Crippen molar-refractivity contribution >= 4 is 5.97 Å². The lowest BCUT2D eigenvalue weighted by Gasteiger charge is -2.19. The Balaban J connectivity index is 2.11. The molecule has 0 radical (unpaired) electrons. The van der Waals surface area contributed by atoms with Crippen LogP contribution in [0.5, 0.6) is 0 Å². The number of aromatic nitrogens is 4. The van der Waals surface area contributed by atoms with Gasteiger partial charge < -0.3 is 10.1 Å². The van der Waals surface area contributed by atoms with Crippen LogP contribution in [0.15, 0.2) is 18.5 Å². The molecule has 0 aliphatic carbocycles. The highest BCUT2D eigenvalue weighted by molar-refractivity contribution is 5.89. The summed E-state index contributed by atoms with van der Waals surface area (Å²) in [6.45, 7) is 3.47. The van der Waals surface area contributed by atoms with Gasteiger partial charge in [0.1, 0.15) is 0 Å². The highest BCUT2D eigenvalue weighted by atomic mass is 16.5. The summed E-state index contributed by atoms with van der Waals surface area (Å²) in [4.78, 5) is 29.2. The number of nitrogens with one attached hydrogen (secondary N) is 1. The molecule has 0 spiro atoms. The molecule has 1 N–H and O–H groups in total. The van der Waals surface area contributed by atoms with Gasteiger partial charge in [0.05, 0.1) is 12.3 Å². The average Bonchev–Trinajstić information content (AvgIpc) is 2.55. The van der Waals surface area contributed by atoms with Gasteiger partial charge in [0.25, 0.3) is 0 Å². The Labute approximate surface area is 121 Å². The molecule has 1 aliphatic rings. The van der Waals surface area contributed by atoms with Gasteiger partial charge >= 0.3 is 5.97 Å². The number of rotatable bonds is 3. The zero-order chi connectivity index (χ0) is 14.7. The number of nitrogens with zero attached hydrogens (tertiary/aromatic N) is 4. The third-order valence-electron chi connectivity index (χ3n) is 3.17. The van der Waals surface area contributed by atoms with Crippen molar-refractivity contribution < 1.29 is 9.53 Å². The van der Waals surface area contributed by atoms with Crippen LogP contribution in [0.2, 0.25) is 0 Å². The van der Waals surface area contributed by atoms with E-state index >= 15 is 0 Å². The second kappa shape index (κ2) is 5.92. The van der Waals surface area contributed by atoms with Crippen molar-refractivity contribution in [2.75, 3.05) is 13.2 Å². The molecule has 3 heterocycles. The van der Waals surface area contributed by atoms with Crippen LogP contribution in [0.3, 0.4) is 0 Å². The number of fused-ring (bicyclic) bond motifs is 1. The van der Waals surface area contributed by atoms with E-state index in [9.17, 15) is 4.79 Å². The molecule has 2 aromatic heterocycles. The van der Waals surface area contributed by atoms with E-state index in [0.29, 0.717) is 30.5 Å². The highest BCUT2D eigenvalue weighted by Crippen LogP contribution is 2.20. The van der Waals surface area contributed by atoms with Crippen molar-refractivity contribution in [2.45, 2.75) is 19.9 Å². The minimum Gasteiger partial charge on any atom is -0.461 e. The molecule has 3 rings (SSSR count). The lowest BCUT2D eigenvalue weighted by molar-refractivity contribution is 0.0517. The fraction of sp³-hybridized carbons (Fsp3) is 0.357. The highest BCUT2D eigenvalue weighted by Gasteiger charge is 2.23. The smallest absolute Gasteiger partial charge is 0.357 e. The summed E-state index contributed by atoms with van der Waals surface area (Å²) in [6, 6.07) is 1.72. The summed E-state index contributed by atoms with van der Waals surface area (Å²) in [5.74, 6) is 0.334. The third-order valence-corrected chi connectivity index (χ3v) is 3.17. The minimum absolute atomic E-state index is 0.302. The second-order valence-electron chi connectivity index (χ2n) is 4.54. The molecule has 0 saturated heterocycles. The normalized spacial score (nSPS) is 13.6. The van der Waals surface area contributed by atoms with Crippen LogP contribution in [0.1, 0.15) is 28.7 Å². The Hall–Kier alpha value is -2.41. The maximum absolute atomic E-state index is 12.1. The lowest BCUT2D eigenvalue weighted by Crippen LogP contribution is -2.28. The van der Waals surface area contributed by atoms with E-state index in [1.807, 2.05) is 0 Å². The summed E-state index contributed by atoms with van der Waals surface area (Å²) in [5, 5.41) is 3.22. The Bertz CT molecular complexity index is 660. The van der Waals surface area contributed by atoms with Gasteiger partial charge in [-0.15, -0.1) is 0 Å². The first kappa shape index (κ1) is 13.6. The molecule has 0 saturated carbocycles. The largest absolute Gasteiger partial charge is 0.461 e. The molecule has 0 amide bonds. The molecule has 0 atom stereocenters. The van der Waals surface area contributed by atoms with Crippen LogP contribution in [0, 0.1) is 0 Å². The third kappa shape index (κ3) is 2.73. The number of ether oxygens (including phenoxy) is 1. The summed E-state index contributed by atoms with van der Waals surface area (Å²) in [5.41, 5.74) is 1.96. The average molecular weight is 285 g/mol. The maximum atomic E-state index is 12.1. The Morgan fingerprint density at radius 2 is 2.10 bits per heavy atom. The Morgan fingerprint density at radius 1 is 1.29 bits per heavy atom. The van der Waals surface area contributed by atoms with E-state index in [1.54, 1.807) is 25.4 Å². The predicted molar refractivity (Wildman–Crippen MR) is 74.4 cm³/mol. The predicted octanol–water partition coefficient (Wildman–Crippen LogP) is 0.756. The number of hydrogen-bond donors (Lipinski definition) is 1. The fourth-order valence-corrected chi connectivity index (χ4v) is 2.23. The number of hydrogen-bond acceptors (Lipinski definition) is 7. The van der Waals surface area contributed by atoms with E-state index in [2.05, 4.69) is 25.3 Å². The van der Waals surface area contributed by atoms with Gasteiger partial charge in [-0.05, 0) is 13.0 Å². The molecule has 0 bridgehead atoms. The minimum atomic E-state index is -0.433. The van der Waals surface area contributed by atoms with Crippen LogP contribution in [-0.2, 0) is 17.7 Å². The van der Waals surface area contributed by atoms with E-state index in [0.717, 1.165) is 24.2 Å². The summed E-state index contributed by atoms with van der Waals surface area (Å²) in [6.07, 6.45) is 3.98. The van der Waals surface area contributed by atoms with Crippen molar-refractivity contribution in [1.82, 2.24) is 25.3 Å². The molecule has 7 nitrogen and oxygen atoms in total. The first-order valence-electron chi connectivity index (χ1n) is 6.84. The van der Waals surface area contributed by atoms with Crippen LogP contribution >= 0.6 is 0 Å².